The van der Waals surface area contributed by atoms with Crippen LogP contribution in [0.4, 0.5) is 0 Å². The molecule has 0 amide bonds. The molecule has 3 heteroatoms. The van der Waals surface area contributed by atoms with Gasteiger partial charge in [-0.2, -0.15) is 0 Å². The molecule has 0 N–H and O–H groups in total. The van der Waals surface area contributed by atoms with Crippen LogP contribution in [0.25, 0.3) is 0 Å². The van der Waals surface area contributed by atoms with Crippen LogP contribution in [0.3, 0.4) is 0 Å². The minimum Gasteiger partial charge on any atom is -0.465 e. The van der Waals surface area contributed by atoms with Gasteiger partial charge in [0.1, 0.15) is 11.2 Å². The zero-order valence-electron chi connectivity index (χ0n) is 12.5. The van der Waals surface area contributed by atoms with Crippen LogP contribution in [0.2, 0.25) is 0 Å². The lowest BCUT2D eigenvalue weighted by molar-refractivity contribution is -0.164. The molecule has 2 aliphatic carbocycles. The van der Waals surface area contributed by atoms with Crippen molar-refractivity contribution in [2.45, 2.75) is 44.9 Å². The second-order valence-corrected chi connectivity index (χ2v) is 6.18. The summed E-state index contributed by atoms with van der Waals surface area (Å²) in [6.07, 6.45) is 3.97. The second kappa shape index (κ2) is 5.63. The third kappa shape index (κ3) is 2.39. The number of hydrogen-bond donors (Lipinski definition) is 0. The summed E-state index contributed by atoms with van der Waals surface area (Å²) in [7, 11) is 0. The van der Waals surface area contributed by atoms with Gasteiger partial charge in [-0.25, -0.2) is 0 Å². The first-order chi connectivity index (χ1) is 10.2. The molecule has 3 unspecified atom stereocenters. The first-order valence-corrected chi connectivity index (χ1v) is 7.95. The van der Waals surface area contributed by atoms with Crippen LogP contribution >= 0.6 is 0 Å². The van der Waals surface area contributed by atoms with Gasteiger partial charge in [0.25, 0.3) is 0 Å². The average molecular weight is 286 g/mol. The number of carbonyl (C=O) groups is 2. The molecule has 1 aromatic rings. The Morgan fingerprint density at radius 1 is 1.29 bits per heavy atom. The maximum Gasteiger partial charge on any atom is 0.319 e. The zero-order chi connectivity index (χ0) is 14.9. The van der Waals surface area contributed by atoms with Crippen LogP contribution in [0.5, 0.6) is 0 Å². The summed E-state index contributed by atoms with van der Waals surface area (Å²) in [6, 6.07) is 10.2. The van der Waals surface area contributed by atoms with E-state index < -0.39 is 5.41 Å². The van der Waals surface area contributed by atoms with Crippen molar-refractivity contribution in [3.8, 4) is 0 Å². The van der Waals surface area contributed by atoms with Crippen molar-refractivity contribution in [1.82, 2.24) is 0 Å². The van der Waals surface area contributed by atoms with Crippen molar-refractivity contribution in [2.24, 2.45) is 11.3 Å². The third-order valence-corrected chi connectivity index (χ3v) is 5.01. The number of Topliss-reactive ketones (excluding diaryl/α,β-unsaturated/α-hetero) is 1. The van der Waals surface area contributed by atoms with Crippen LogP contribution < -0.4 is 0 Å². The van der Waals surface area contributed by atoms with Crippen molar-refractivity contribution in [1.29, 1.82) is 0 Å². The monoisotopic (exact) mass is 286 g/mol. The number of ketones is 1. The molecule has 2 aliphatic rings. The van der Waals surface area contributed by atoms with Gasteiger partial charge in [-0.3, -0.25) is 9.59 Å². The number of carbonyl (C=O) groups excluding carboxylic acids is 2. The van der Waals surface area contributed by atoms with E-state index in [0.29, 0.717) is 25.4 Å². The molecule has 112 valence electrons. The van der Waals surface area contributed by atoms with E-state index in [1.54, 1.807) is 6.92 Å². The van der Waals surface area contributed by atoms with Crippen molar-refractivity contribution >= 4 is 11.8 Å². The van der Waals surface area contributed by atoms with E-state index in [9.17, 15) is 9.59 Å². The predicted molar refractivity (Wildman–Crippen MR) is 79.8 cm³/mol. The Morgan fingerprint density at radius 2 is 2.05 bits per heavy atom. The van der Waals surface area contributed by atoms with Crippen LogP contribution in [0.1, 0.15) is 50.5 Å². The normalized spacial score (nSPS) is 31.8. The molecule has 0 saturated heterocycles. The molecule has 3 rings (SSSR count). The summed E-state index contributed by atoms with van der Waals surface area (Å²) in [4.78, 5) is 25.1. The molecular weight excluding hydrogens is 264 g/mol. The van der Waals surface area contributed by atoms with E-state index in [2.05, 4.69) is 12.1 Å². The number of benzene rings is 1. The minimum absolute atomic E-state index is 0.107. The molecule has 3 nitrogen and oxygen atoms in total. The van der Waals surface area contributed by atoms with E-state index in [0.717, 1.165) is 19.3 Å². The molecule has 0 heterocycles. The fraction of sp³-hybridized carbons (Fsp3) is 0.556. The summed E-state index contributed by atoms with van der Waals surface area (Å²) in [5.41, 5.74) is 0.374. The van der Waals surface area contributed by atoms with Crippen LogP contribution in [-0.2, 0) is 14.3 Å². The summed E-state index contributed by atoms with van der Waals surface area (Å²) < 4.78 is 5.28. The van der Waals surface area contributed by atoms with Gasteiger partial charge in [0, 0.05) is 6.42 Å². The summed E-state index contributed by atoms with van der Waals surface area (Å²) in [6.45, 7) is 2.15. The molecule has 2 saturated carbocycles. The van der Waals surface area contributed by atoms with Gasteiger partial charge < -0.3 is 4.74 Å². The van der Waals surface area contributed by atoms with Crippen LogP contribution in [0.15, 0.2) is 30.3 Å². The fourth-order valence-electron chi connectivity index (χ4n) is 3.88. The fourth-order valence-corrected chi connectivity index (χ4v) is 3.88. The highest BCUT2D eigenvalue weighted by molar-refractivity contribution is 6.05. The molecule has 3 atom stereocenters. The van der Waals surface area contributed by atoms with Gasteiger partial charge in [0.2, 0.25) is 0 Å². The standard InChI is InChI=1S/C18H22O3/c1-2-21-17(20)18(11-7-6-10-16(18)19)15-12-14(15)13-8-4-3-5-9-13/h3-5,8-9,14-15H,2,6-7,10-12H2,1H3. The maximum atomic E-state index is 12.6. The summed E-state index contributed by atoms with van der Waals surface area (Å²) >= 11 is 0. The van der Waals surface area contributed by atoms with E-state index in [-0.39, 0.29) is 17.7 Å². The van der Waals surface area contributed by atoms with Gasteiger partial charge in [-0.15, -0.1) is 0 Å². The smallest absolute Gasteiger partial charge is 0.319 e. The lowest BCUT2D eigenvalue weighted by Gasteiger charge is -2.34. The molecule has 0 radical (unpaired) electrons. The summed E-state index contributed by atoms with van der Waals surface area (Å²) in [5, 5.41) is 0. The van der Waals surface area contributed by atoms with Gasteiger partial charge in [0.15, 0.2) is 0 Å². The van der Waals surface area contributed by atoms with Gasteiger partial charge >= 0.3 is 5.97 Å². The third-order valence-electron chi connectivity index (χ3n) is 5.01. The lowest BCUT2D eigenvalue weighted by Crippen LogP contribution is -2.45. The molecule has 21 heavy (non-hydrogen) atoms. The number of esters is 1. The van der Waals surface area contributed by atoms with Crippen LogP contribution in [0, 0.1) is 11.3 Å². The Bertz CT molecular complexity index is 537. The van der Waals surface area contributed by atoms with E-state index in [1.807, 2.05) is 18.2 Å². The first kappa shape index (κ1) is 14.3. The maximum absolute atomic E-state index is 12.6. The quantitative estimate of drug-likeness (QED) is 0.628. The minimum atomic E-state index is -0.866. The SMILES string of the molecule is CCOC(=O)C1(C2CC2c2ccccc2)CCCCC1=O. The molecule has 0 aromatic heterocycles. The Labute approximate surface area is 125 Å². The molecular formula is C18H22O3. The van der Waals surface area contributed by atoms with Crippen LogP contribution in [-0.4, -0.2) is 18.4 Å². The molecule has 0 aliphatic heterocycles. The highest BCUT2D eigenvalue weighted by Gasteiger charge is 2.62. The first-order valence-electron chi connectivity index (χ1n) is 7.95. The molecule has 0 bridgehead atoms. The number of ether oxygens (including phenoxy) is 1. The highest BCUT2D eigenvalue weighted by atomic mass is 16.5. The van der Waals surface area contributed by atoms with E-state index in [1.165, 1.54) is 5.56 Å². The molecule has 2 fully saturated rings. The van der Waals surface area contributed by atoms with Crippen molar-refractivity contribution in [3.05, 3.63) is 35.9 Å². The van der Waals surface area contributed by atoms with Crippen molar-refractivity contribution in [2.75, 3.05) is 6.61 Å². The topological polar surface area (TPSA) is 43.4 Å². The highest BCUT2D eigenvalue weighted by Crippen LogP contribution is 2.61. The largest absolute Gasteiger partial charge is 0.465 e. The second-order valence-electron chi connectivity index (χ2n) is 6.18. The predicted octanol–water partition coefficient (Wildman–Crippen LogP) is 3.48. The van der Waals surface area contributed by atoms with Gasteiger partial charge in [0.05, 0.1) is 6.61 Å². The van der Waals surface area contributed by atoms with Gasteiger partial charge in [-0.1, -0.05) is 36.8 Å². The number of rotatable bonds is 4. The molecule has 1 aromatic carbocycles. The Balaban J connectivity index is 1.87. The van der Waals surface area contributed by atoms with Crippen molar-refractivity contribution < 1.29 is 14.3 Å². The lowest BCUT2D eigenvalue weighted by atomic mass is 9.68. The van der Waals surface area contributed by atoms with E-state index >= 15 is 0 Å². The number of hydrogen-bond acceptors (Lipinski definition) is 3. The Hall–Kier alpha value is -1.64. The molecule has 0 spiro atoms. The zero-order valence-corrected chi connectivity index (χ0v) is 12.5. The van der Waals surface area contributed by atoms with Crippen molar-refractivity contribution in [3.63, 3.8) is 0 Å². The van der Waals surface area contributed by atoms with E-state index in [4.69, 9.17) is 4.74 Å². The Morgan fingerprint density at radius 3 is 2.71 bits per heavy atom. The summed E-state index contributed by atoms with van der Waals surface area (Å²) in [5.74, 6) is 0.290. The van der Waals surface area contributed by atoms with Gasteiger partial charge in [-0.05, 0) is 43.6 Å². The Kier molecular flexibility index (Phi) is 3.83. The average Bonchev–Trinajstić information content (AvgIpc) is 3.30.